The van der Waals surface area contributed by atoms with Crippen molar-refractivity contribution in [2.45, 2.75) is 32.6 Å². The van der Waals surface area contributed by atoms with Crippen molar-refractivity contribution in [2.24, 2.45) is 0 Å². The zero-order chi connectivity index (χ0) is 23.7. The maximum absolute atomic E-state index is 13.5. The summed E-state index contributed by atoms with van der Waals surface area (Å²) in [6.45, 7) is 8.34. The number of hydrogen-bond acceptors (Lipinski definition) is 6. The lowest BCUT2D eigenvalue weighted by molar-refractivity contribution is 0.352. The maximum atomic E-state index is 13.5. The molecule has 2 aromatic carbocycles. The highest BCUT2D eigenvalue weighted by Crippen LogP contribution is 2.33. The summed E-state index contributed by atoms with van der Waals surface area (Å²) in [6, 6.07) is 14.5. The Bertz CT molecular complexity index is 1270. The van der Waals surface area contributed by atoms with Crippen LogP contribution in [0.4, 0.5) is 16.2 Å². The standard InChI is InChI=1S/C26H30FN7/c1-17(2)18-5-7-19(8-6-18)23-22-24(28)34(21-11-9-20(27)10-12-21)32-25(22)31-26(30-23)29-13-16-33-14-3-4-15-33/h5-12,17H,3-4,13-16,28H2,1-2H3,(H,29,31,32). The van der Waals surface area contributed by atoms with Crippen LogP contribution in [0.1, 0.15) is 38.2 Å². The van der Waals surface area contributed by atoms with E-state index in [9.17, 15) is 4.39 Å². The van der Waals surface area contributed by atoms with E-state index in [1.165, 1.54) is 30.5 Å². The molecule has 0 saturated carbocycles. The van der Waals surface area contributed by atoms with Gasteiger partial charge in [0, 0.05) is 18.7 Å². The van der Waals surface area contributed by atoms with E-state index in [-0.39, 0.29) is 5.82 Å². The number of nitrogens with two attached hydrogens (primary N) is 1. The van der Waals surface area contributed by atoms with Gasteiger partial charge in [-0.2, -0.15) is 4.98 Å². The Morgan fingerprint density at radius 2 is 1.71 bits per heavy atom. The van der Waals surface area contributed by atoms with Crippen LogP contribution in [0.3, 0.4) is 0 Å². The van der Waals surface area contributed by atoms with Crippen LogP contribution in [0, 0.1) is 5.82 Å². The molecule has 0 unspecified atom stereocenters. The van der Waals surface area contributed by atoms with Crippen LogP contribution in [0.5, 0.6) is 0 Å². The first kappa shape index (κ1) is 22.3. The first-order valence-corrected chi connectivity index (χ1v) is 11.9. The summed E-state index contributed by atoms with van der Waals surface area (Å²) in [5.41, 5.74) is 10.7. The Balaban J connectivity index is 1.56. The Hall–Kier alpha value is -3.52. The van der Waals surface area contributed by atoms with Gasteiger partial charge in [-0.3, -0.25) is 0 Å². The zero-order valence-corrected chi connectivity index (χ0v) is 19.6. The molecular formula is C26H30FN7. The number of nitrogen functional groups attached to an aromatic ring is 1. The highest BCUT2D eigenvalue weighted by atomic mass is 19.1. The summed E-state index contributed by atoms with van der Waals surface area (Å²) in [6.07, 6.45) is 2.53. The van der Waals surface area contributed by atoms with Crippen LogP contribution in [-0.4, -0.2) is 50.8 Å². The van der Waals surface area contributed by atoms with E-state index in [2.05, 4.69) is 58.4 Å². The average Bonchev–Trinajstić information content (AvgIpc) is 3.47. The molecule has 0 aliphatic carbocycles. The Kier molecular flexibility index (Phi) is 6.15. The molecule has 0 spiro atoms. The molecule has 0 atom stereocenters. The van der Waals surface area contributed by atoms with Gasteiger partial charge < -0.3 is 16.0 Å². The van der Waals surface area contributed by atoms with Gasteiger partial charge in [0.05, 0.1) is 16.8 Å². The number of rotatable bonds is 7. The van der Waals surface area contributed by atoms with E-state index < -0.39 is 0 Å². The second-order valence-electron chi connectivity index (χ2n) is 9.12. The molecule has 5 rings (SSSR count). The molecule has 1 saturated heterocycles. The van der Waals surface area contributed by atoms with Crippen LogP contribution < -0.4 is 11.1 Å². The third kappa shape index (κ3) is 4.46. The Morgan fingerprint density at radius 3 is 2.38 bits per heavy atom. The average molecular weight is 460 g/mol. The van der Waals surface area contributed by atoms with Gasteiger partial charge >= 0.3 is 0 Å². The largest absolute Gasteiger partial charge is 0.383 e. The fraction of sp³-hybridized carbons (Fsp3) is 0.346. The summed E-state index contributed by atoms with van der Waals surface area (Å²) in [4.78, 5) is 12.0. The van der Waals surface area contributed by atoms with Gasteiger partial charge in [0.25, 0.3) is 0 Å². The fourth-order valence-electron chi connectivity index (χ4n) is 4.44. The van der Waals surface area contributed by atoms with Gasteiger partial charge in [0.1, 0.15) is 11.6 Å². The number of nitrogens with zero attached hydrogens (tertiary/aromatic N) is 5. The molecular weight excluding hydrogens is 429 g/mol. The Labute approximate surface area is 198 Å². The smallest absolute Gasteiger partial charge is 0.225 e. The van der Waals surface area contributed by atoms with Crippen LogP contribution >= 0.6 is 0 Å². The molecule has 2 aromatic heterocycles. The highest BCUT2D eigenvalue weighted by molar-refractivity contribution is 5.99. The molecule has 3 N–H and O–H groups in total. The number of hydrogen-bond donors (Lipinski definition) is 2. The van der Waals surface area contributed by atoms with Crippen molar-refractivity contribution in [1.29, 1.82) is 0 Å². The summed E-state index contributed by atoms with van der Waals surface area (Å²) in [5.74, 6) is 1.08. The molecule has 4 aromatic rings. The van der Waals surface area contributed by atoms with Gasteiger partial charge in [-0.1, -0.05) is 38.1 Å². The van der Waals surface area contributed by atoms with E-state index in [4.69, 9.17) is 10.7 Å². The number of fused-ring (bicyclic) bond motifs is 1. The minimum Gasteiger partial charge on any atom is -0.383 e. The minimum absolute atomic E-state index is 0.311. The second kappa shape index (κ2) is 9.38. The second-order valence-corrected chi connectivity index (χ2v) is 9.12. The fourth-order valence-corrected chi connectivity index (χ4v) is 4.44. The predicted octanol–water partition coefficient (Wildman–Crippen LogP) is 4.83. The number of nitrogens with one attached hydrogen (secondary N) is 1. The van der Waals surface area contributed by atoms with Crippen molar-refractivity contribution in [2.75, 3.05) is 37.2 Å². The third-order valence-electron chi connectivity index (χ3n) is 6.40. The molecule has 1 fully saturated rings. The topological polar surface area (TPSA) is 84.9 Å². The molecule has 1 aliphatic rings. The quantitative estimate of drug-likeness (QED) is 0.412. The van der Waals surface area contributed by atoms with Crippen LogP contribution in [-0.2, 0) is 0 Å². The van der Waals surface area contributed by atoms with Gasteiger partial charge in [0.15, 0.2) is 5.65 Å². The predicted molar refractivity (Wildman–Crippen MR) is 135 cm³/mol. The lowest BCUT2D eigenvalue weighted by Gasteiger charge is -2.15. The van der Waals surface area contributed by atoms with Gasteiger partial charge in [0.2, 0.25) is 5.95 Å². The lowest BCUT2D eigenvalue weighted by atomic mass is 10.00. The molecule has 34 heavy (non-hydrogen) atoms. The van der Waals surface area contributed by atoms with Crippen molar-refractivity contribution in [1.82, 2.24) is 24.6 Å². The molecule has 176 valence electrons. The first-order chi connectivity index (χ1) is 16.5. The lowest BCUT2D eigenvalue weighted by Crippen LogP contribution is -2.26. The summed E-state index contributed by atoms with van der Waals surface area (Å²) in [5, 5.41) is 8.72. The molecule has 0 radical (unpaired) electrons. The van der Waals surface area contributed by atoms with Crippen LogP contribution in [0.15, 0.2) is 48.5 Å². The third-order valence-corrected chi connectivity index (χ3v) is 6.40. The van der Waals surface area contributed by atoms with Gasteiger partial charge in [-0.05, 0) is 61.7 Å². The van der Waals surface area contributed by atoms with Crippen molar-refractivity contribution < 1.29 is 4.39 Å². The molecule has 8 heteroatoms. The molecule has 0 bridgehead atoms. The van der Waals surface area contributed by atoms with Crippen LogP contribution in [0.2, 0.25) is 0 Å². The number of aromatic nitrogens is 4. The van der Waals surface area contributed by atoms with E-state index in [1.807, 2.05) is 0 Å². The molecule has 3 heterocycles. The van der Waals surface area contributed by atoms with E-state index >= 15 is 0 Å². The monoisotopic (exact) mass is 459 g/mol. The van der Waals surface area contributed by atoms with Crippen molar-refractivity contribution >= 4 is 22.8 Å². The molecule has 7 nitrogen and oxygen atoms in total. The first-order valence-electron chi connectivity index (χ1n) is 11.9. The van der Waals surface area contributed by atoms with E-state index in [1.54, 1.807) is 16.8 Å². The van der Waals surface area contributed by atoms with E-state index in [0.717, 1.165) is 37.4 Å². The zero-order valence-electron chi connectivity index (χ0n) is 19.6. The van der Waals surface area contributed by atoms with E-state index in [0.29, 0.717) is 34.4 Å². The molecule has 0 amide bonds. The van der Waals surface area contributed by atoms with Crippen LogP contribution in [0.25, 0.3) is 28.0 Å². The van der Waals surface area contributed by atoms with Crippen molar-refractivity contribution in [3.05, 3.63) is 59.9 Å². The van der Waals surface area contributed by atoms with Crippen molar-refractivity contribution in [3.63, 3.8) is 0 Å². The summed E-state index contributed by atoms with van der Waals surface area (Å²) >= 11 is 0. The minimum atomic E-state index is -0.311. The summed E-state index contributed by atoms with van der Waals surface area (Å²) < 4.78 is 15.1. The van der Waals surface area contributed by atoms with Gasteiger partial charge in [-0.15, -0.1) is 5.10 Å². The number of halogens is 1. The van der Waals surface area contributed by atoms with Crippen molar-refractivity contribution in [3.8, 4) is 16.9 Å². The highest BCUT2D eigenvalue weighted by Gasteiger charge is 2.20. The van der Waals surface area contributed by atoms with Gasteiger partial charge in [-0.25, -0.2) is 14.1 Å². The Morgan fingerprint density at radius 1 is 1.00 bits per heavy atom. The summed E-state index contributed by atoms with van der Waals surface area (Å²) in [7, 11) is 0. The molecule has 1 aliphatic heterocycles. The normalized spacial score (nSPS) is 14.4. The number of anilines is 2. The number of likely N-dealkylation sites (tertiary alicyclic amines) is 1. The SMILES string of the molecule is CC(C)c1ccc(-c2nc(NCCN3CCCC3)nc3nn(-c4ccc(F)cc4)c(N)c23)cc1. The maximum Gasteiger partial charge on any atom is 0.225 e. The number of benzene rings is 2.